The molecule has 2 aromatic carbocycles. The molecule has 1 unspecified atom stereocenters. The molecule has 1 atom stereocenters. The smallest absolute Gasteiger partial charge is 0.244 e. The van der Waals surface area contributed by atoms with Crippen molar-refractivity contribution in [3.63, 3.8) is 0 Å². The first-order chi connectivity index (χ1) is 13.8. The van der Waals surface area contributed by atoms with Crippen molar-refractivity contribution in [1.29, 1.82) is 0 Å². The maximum Gasteiger partial charge on any atom is 0.244 e. The van der Waals surface area contributed by atoms with Gasteiger partial charge in [0.05, 0.1) is 22.5 Å². The molecule has 29 heavy (non-hydrogen) atoms. The van der Waals surface area contributed by atoms with Crippen molar-refractivity contribution in [3.8, 4) is 0 Å². The summed E-state index contributed by atoms with van der Waals surface area (Å²) in [5, 5.41) is 2.96. The van der Waals surface area contributed by atoms with Gasteiger partial charge in [-0.2, -0.15) is 0 Å². The number of amides is 1. The molecule has 2 heterocycles. The molecular formula is C22H25N3O3S. The predicted octanol–water partition coefficient (Wildman–Crippen LogP) is 3.27. The Morgan fingerprint density at radius 2 is 1.97 bits per heavy atom. The summed E-state index contributed by atoms with van der Waals surface area (Å²) in [7, 11) is -2.95. The molecule has 1 saturated heterocycles. The van der Waals surface area contributed by atoms with E-state index in [9.17, 15) is 13.2 Å². The zero-order valence-corrected chi connectivity index (χ0v) is 17.5. The Morgan fingerprint density at radius 1 is 1.17 bits per heavy atom. The van der Waals surface area contributed by atoms with Gasteiger partial charge in [0.2, 0.25) is 5.91 Å². The highest BCUT2D eigenvalue weighted by Crippen LogP contribution is 2.25. The molecule has 7 heteroatoms. The first-order valence-corrected chi connectivity index (χ1v) is 11.6. The van der Waals surface area contributed by atoms with Crippen LogP contribution in [0.4, 0.5) is 5.69 Å². The molecule has 3 aromatic rings. The van der Waals surface area contributed by atoms with Gasteiger partial charge in [0, 0.05) is 12.1 Å². The number of fused-ring (bicyclic) bond motifs is 1. The Kier molecular flexibility index (Phi) is 5.17. The summed E-state index contributed by atoms with van der Waals surface area (Å²) >= 11 is 0. The lowest BCUT2D eigenvalue weighted by Crippen LogP contribution is -2.21. The van der Waals surface area contributed by atoms with Crippen molar-refractivity contribution in [2.24, 2.45) is 5.92 Å². The molecule has 152 valence electrons. The summed E-state index contributed by atoms with van der Waals surface area (Å²) < 4.78 is 25.6. The molecule has 0 aliphatic carbocycles. The number of hydrogen-bond acceptors (Lipinski definition) is 4. The van der Waals surface area contributed by atoms with E-state index in [1.165, 1.54) is 5.56 Å². The van der Waals surface area contributed by atoms with Gasteiger partial charge in [0.15, 0.2) is 9.84 Å². The average Bonchev–Trinajstić information content (AvgIpc) is 3.18. The topological polar surface area (TPSA) is 81.1 Å². The SMILES string of the molecule is Cc1ccc(NC(=O)Cn2c(CC3CCS(=O)(=O)C3)nc3ccccc32)cc1C. The highest BCUT2D eigenvalue weighted by molar-refractivity contribution is 7.91. The fraction of sp³-hybridized carbons (Fsp3) is 0.364. The van der Waals surface area contributed by atoms with Crippen LogP contribution in [0.5, 0.6) is 0 Å². The number of carbonyl (C=O) groups excluding carboxylic acids is 1. The van der Waals surface area contributed by atoms with Gasteiger partial charge in [-0.05, 0) is 61.6 Å². The zero-order chi connectivity index (χ0) is 20.6. The van der Waals surface area contributed by atoms with Crippen molar-refractivity contribution < 1.29 is 13.2 Å². The second-order valence-corrected chi connectivity index (χ2v) is 10.2. The molecule has 0 radical (unpaired) electrons. The quantitative estimate of drug-likeness (QED) is 0.699. The Balaban J connectivity index is 1.58. The lowest BCUT2D eigenvalue weighted by molar-refractivity contribution is -0.116. The summed E-state index contributed by atoms with van der Waals surface area (Å²) in [6, 6.07) is 13.6. The molecule has 1 amide bonds. The van der Waals surface area contributed by atoms with Gasteiger partial charge in [-0.25, -0.2) is 13.4 Å². The number of nitrogens with zero attached hydrogens (tertiary/aromatic N) is 2. The number of anilines is 1. The van der Waals surface area contributed by atoms with E-state index in [0.29, 0.717) is 12.8 Å². The number of benzene rings is 2. The zero-order valence-electron chi connectivity index (χ0n) is 16.7. The van der Waals surface area contributed by atoms with Gasteiger partial charge in [0.1, 0.15) is 12.4 Å². The Labute approximate surface area is 170 Å². The summed E-state index contributed by atoms with van der Waals surface area (Å²) in [6.45, 7) is 4.19. The first-order valence-electron chi connectivity index (χ1n) is 9.82. The van der Waals surface area contributed by atoms with E-state index >= 15 is 0 Å². The van der Waals surface area contributed by atoms with Crippen molar-refractivity contribution >= 4 is 32.5 Å². The third-order valence-electron chi connectivity index (χ3n) is 5.62. The average molecular weight is 412 g/mol. The number of imidazole rings is 1. The number of para-hydroxylation sites is 2. The Morgan fingerprint density at radius 3 is 2.69 bits per heavy atom. The van der Waals surface area contributed by atoms with Crippen LogP contribution < -0.4 is 5.32 Å². The van der Waals surface area contributed by atoms with E-state index in [2.05, 4.69) is 5.32 Å². The number of carbonyl (C=O) groups is 1. The maximum atomic E-state index is 12.8. The predicted molar refractivity (Wildman–Crippen MR) is 115 cm³/mol. The van der Waals surface area contributed by atoms with Crippen molar-refractivity contribution in [2.45, 2.75) is 33.2 Å². The molecule has 0 bridgehead atoms. The normalized spacial score (nSPS) is 18.2. The van der Waals surface area contributed by atoms with E-state index in [0.717, 1.165) is 28.1 Å². The van der Waals surface area contributed by atoms with Crippen LogP contribution >= 0.6 is 0 Å². The van der Waals surface area contributed by atoms with E-state index < -0.39 is 9.84 Å². The fourth-order valence-corrected chi connectivity index (χ4v) is 5.77. The van der Waals surface area contributed by atoms with Crippen LogP contribution in [-0.2, 0) is 27.6 Å². The van der Waals surface area contributed by atoms with E-state index in [-0.39, 0.29) is 29.9 Å². The summed E-state index contributed by atoms with van der Waals surface area (Å²) in [4.78, 5) is 17.5. The molecule has 1 aromatic heterocycles. The van der Waals surface area contributed by atoms with Gasteiger partial charge in [-0.15, -0.1) is 0 Å². The van der Waals surface area contributed by atoms with Gasteiger partial charge < -0.3 is 9.88 Å². The van der Waals surface area contributed by atoms with Gasteiger partial charge >= 0.3 is 0 Å². The third-order valence-corrected chi connectivity index (χ3v) is 7.46. The monoisotopic (exact) mass is 411 g/mol. The molecule has 0 saturated carbocycles. The number of nitrogens with one attached hydrogen (secondary N) is 1. The van der Waals surface area contributed by atoms with Crippen LogP contribution in [0.2, 0.25) is 0 Å². The molecule has 1 fully saturated rings. The van der Waals surface area contributed by atoms with Crippen LogP contribution in [0.3, 0.4) is 0 Å². The standard InChI is InChI=1S/C22H25N3O3S/c1-15-7-8-18(11-16(15)2)23-22(26)13-25-20-6-4-3-5-19(20)24-21(25)12-17-9-10-29(27,28)14-17/h3-8,11,17H,9-10,12-14H2,1-2H3,(H,23,26). The second-order valence-electron chi connectivity index (χ2n) is 7.92. The minimum Gasteiger partial charge on any atom is -0.325 e. The van der Waals surface area contributed by atoms with Gasteiger partial charge in [-0.1, -0.05) is 18.2 Å². The van der Waals surface area contributed by atoms with E-state index in [4.69, 9.17) is 4.98 Å². The molecule has 0 spiro atoms. The van der Waals surface area contributed by atoms with Crippen molar-refractivity contribution in [1.82, 2.24) is 9.55 Å². The second kappa shape index (κ2) is 7.63. The highest BCUT2D eigenvalue weighted by atomic mass is 32.2. The fourth-order valence-electron chi connectivity index (χ4n) is 3.91. The summed E-state index contributed by atoms with van der Waals surface area (Å²) in [6.07, 6.45) is 1.21. The highest BCUT2D eigenvalue weighted by Gasteiger charge is 2.29. The van der Waals surface area contributed by atoms with E-state index in [1.807, 2.05) is 60.9 Å². The van der Waals surface area contributed by atoms with Gasteiger partial charge in [0.25, 0.3) is 0 Å². The summed E-state index contributed by atoms with van der Waals surface area (Å²) in [5.74, 6) is 1.13. The number of aryl methyl sites for hydroxylation is 2. The minimum atomic E-state index is -2.95. The molecular weight excluding hydrogens is 386 g/mol. The molecule has 4 rings (SSSR count). The maximum absolute atomic E-state index is 12.8. The first kappa shape index (κ1) is 19.6. The lowest BCUT2D eigenvalue weighted by Gasteiger charge is -2.13. The molecule has 1 aliphatic rings. The summed E-state index contributed by atoms with van der Waals surface area (Å²) in [5.41, 5.74) is 4.78. The third kappa shape index (κ3) is 4.34. The molecule has 1 aliphatic heterocycles. The Hall–Kier alpha value is -2.67. The van der Waals surface area contributed by atoms with Crippen molar-refractivity contribution in [3.05, 3.63) is 59.4 Å². The minimum absolute atomic E-state index is 0.0540. The van der Waals surface area contributed by atoms with Gasteiger partial charge in [-0.3, -0.25) is 4.79 Å². The lowest BCUT2D eigenvalue weighted by atomic mass is 10.1. The Bertz CT molecular complexity index is 1180. The van der Waals surface area contributed by atoms with Crippen LogP contribution in [0.1, 0.15) is 23.4 Å². The number of hydrogen-bond donors (Lipinski definition) is 1. The van der Waals surface area contributed by atoms with Crippen LogP contribution in [0.25, 0.3) is 11.0 Å². The number of sulfone groups is 1. The van der Waals surface area contributed by atoms with Crippen LogP contribution in [-0.4, -0.2) is 35.4 Å². The largest absolute Gasteiger partial charge is 0.325 e. The van der Waals surface area contributed by atoms with E-state index in [1.54, 1.807) is 0 Å². The van der Waals surface area contributed by atoms with Crippen molar-refractivity contribution in [2.75, 3.05) is 16.8 Å². The van der Waals surface area contributed by atoms with Crippen LogP contribution in [0.15, 0.2) is 42.5 Å². The van der Waals surface area contributed by atoms with Crippen LogP contribution in [0, 0.1) is 19.8 Å². The number of rotatable bonds is 5. The number of aromatic nitrogens is 2. The molecule has 1 N–H and O–H groups in total. The molecule has 6 nitrogen and oxygen atoms in total.